The van der Waals surface area contributed by atoms with Gasteiger partial charge in [-0.05, 0) is 74.5 Å². The van der Waals surface area contributed by atoms with Crippen molar-refractivity contribution in [2.75, 3.05) is 26.7 Å². The minimum atomic E-state index is -0.641. The second-order valence-corrected chi connectivity index (χ2v) is 10.1. The van der Waals surface area contributed by atoms with Gasteiger partial charge in [0.2, 0.25) is 11.8 Å². The van der Waals surface area contributed by atoms with Crippen molar-refractivity contribution in [3.05, 3.63) is 0 Å². The molecule has 5 saturated carbocycles. The maximum atomic E-state index is 12.5. The minimum absolute atomic E-state index is 0.0608. The molecule has 0 heterocycles. The van der Waals surface area contributed by atoms with E-state index in [0.717, 1.165) is 49.9 Å². The number of carbonyl (C=O) groups excluding carboxylic acids is 4. The zero-order valence-electron chi connectivity index (χ0n) is 17.8. The van der Waals surface area contributed by atoms with Crippen LogP contribution in [0.3, 0.4) is 0 Å². The van der Waals surface area contributed by atoms with Crippen LogP contribution in [0, 0.1) is 23.2 Å². The van der Waals surface area contributed by atoms with Gasteiger partial charge in [0.25, 0.3) is 5.91 Å². The fraction of sp³-hybridized carbons (Fsp3) is 0.818. The standard InChI is InChI=1S/C22H33N3O5/c1-25(12-19(27)24-17-2-3-17)20(28)13-30-21(29)11-23-18(26)10-22-7-14-4-15(8-22)6-16(5-14)9-22/h14-17H,2-13H2,1H3,(H,23,26)(H,24,27). The molecule has 0 aliphatic heterocycles. The molecule has 30 heavy (non-hydrogen) atoms. The summed E-state index contributed by atoms with van der Waals surface area (Å²) in [5.41, 5.74) is 0.127. The third-order valence-electron chi connectivity index (χ3n) is 7.24. The molecular weight excluding hydrogens is 386 g/mol. The number of amides is 3. The van der Waals surface area contributed by atoms with Crippen molar-refractivity contribution in [3.63, 3.8) is 0 Å². The summed E-state index contributed by atoms with van der Waals surface area (Å²) in [4.78, 5) is 49.4. The van der Waals surface area contributed by atoms with Gasteiger partial charge in [0.1, 0.15) is 6.54 Å². The number of ether oxygens (including phenoxy) is 1. The number of carbonyl (C=O) groups is 4. The molecule has 0 atom stereocenters. The predicted molar refractivity (Wildman–Crippen MR) is 108 cm³/mol. The number of esters is 1. The highest BCUT2D eigenvalue weighted by molar-refractivity contribution is 5.87. The van der Waals surface area contributed by atoms with Crippen LogP contribution in [-0.4, -0.2) is 61.4 Å². The van der Waals surface area contributed by atoms with Crippen molar-refractivity contribution in [3.8, 4) is 0 Å². The van der Waals surface area contributed by atoms with Crippen LogP contribution in [0.2, 0.25) is 0 Å². The molecule has 4 bridgehead atoms. The van der Waals surface area contributed by atoms with E-state index >= 15 is 0 Å². The maximum absolute atomic E-state index is 12.5. The van der Waals surface area contributed by atoms with Gasteiger partial charge in [-0.1, -0.05) is 0 Å². The Labute approximate surface area is 177 Å². The first-order valence-corrected chi connectivity index (χ1v) is 11.3. The molecule has 3 amide bonds. The molecule has 5 rings (SSSR count). The van der Waals surface area contributed by atoms with E-state index in [1.165, 1.54) is 31.2 Å². The monoisotopic (exact) mass is 419 g/mol. The van der Waals surface area contributed by atoms with Gasteiger partial charge in [-0.25, -0.2) is 0 Å². The van der Waals surface area contributed by atoms with E-state index in [9.17, 15) is 19.2 Å². The molecule has 5 aliphatic rings. The third-order valence-corrected chi connectivity index (χ3v) is 7.24. The van der Waals surface area contributed by atoms with Crippen molar-refractivity contribution in [2.45, 2.75) is 63.8 Å². The highest BCUT2D eigenvalue weighted by Crippen LogP contribution is 2.61. The first-order chi connectivity index (χ1) is 14.3. The second-order valence-electron chi connectivity index (χ2n) is 10.1. The Bertz CT molecular complexity index is 682. The molecular formula is C22H33N3O5. The molecule has 5 aliphatic carbocycles. The van der Waals surface area contributed by atoms with Crippen molar-refractivity contribution in [1.82, 2.24) is 15.5 Å². The summed E-state index contributed by atoms with van der Waals surface area (Å²) in [6.45, 7) is -0.726. The minimum Gasteiger partial charge on any atom is -0.454 e. The number of nitrogens with one attached hydrogen (secondary N) is 2. The fourth-order valence-electron chi connectivity index (χ4n) is 6.19. The van der Waals surface area contributed by atoms with Gasteiger partial charge in [-0.3, -0.25) is 19.2 Å². The molecule has 166 valence electrons. The Balaban J connectivity index is 1.13. The summed E-state index contributed by atoms with van der Waals surface area (Å²) in [7, 11) is 1.50. The van der Waals surface area contributed by atoms with Gasteiger partial charge in [0, 0.05) is 19.5 Å². The molecule has 2 N–H and O–H groups in total. The Morgan fingerprint density at radius 3 is 2.13 bits per heavy atom. The lowest BCUT2D eigenvalue weighted by atomic mass is 9.49. The zero-order chi connectivity index (χ0) is 21.3. The average molecular weight is 420 g/mol. The Morgan fingerprint density at radius 1 is 0.967 bits per heavy atom. The largest absolute Gasteiger partial charge is 0.454 e. The predicted octanol–water partition coefficient (Wildman–Crippen LogP) is 0.989. The highest BCUT2D eigenvalue weighted by atomic mass is 16.5. The van der Waals surface area contributed by atoms with E-state index in [1.54, 1.807) is 0 Å². The van der Waals surface area contributed by atoms with E-state index in [1.807, 2.05) is 0 Å². The first-order valence-electron chi connectivity index (χ1n) is 11.3. The number of likely N-dealkylation sites (N-methyl/N-ethyl adjacent to an activating group) is 1. The van der Waals surface area contributed by atoms with E-state index in [0.29, 0.717) is 6.42 Å². The Kier molecular flexibility index (Phi) is 6.02. The van der Waals surface area contributed by atoms with Crippen molar-refractivity contribution in [1.29, 1.82) is 0 Å². The Morgan fingerprint density at radius 2 is 1.57 bits per heavy atom. The lowest BCUT2D eigenvalue weighted by Gasteiger charge is -2.56. The van der Waals surface area contributed by atoms with E-state index < -0.39 is 18.5 Å². The average Bonchev–Trinajstić information content (AvgIpc) is 3.46. The van der Waals surface area contributed by atoms with E-state index in [4.69, 9.17) is 4.74 Å². The van der Waals surface area contributed by atoms with Gasteiger partial charge >= 0.3 is 5.97 Å². The van der Waals surface area contributed by atoms with Gasteiger partial charge < -0.3 is 20.3 Å². The molecule has 0 spiro atoms. The molecule has 8 heteroatoms. The van der Waals surface area contributed by atoms with Crippen LogP contribution < -0.4 is 10.6 Å². The Hall–Kier alpha value is -2.12. The van der Waals surface area contributed by atoms with Gasteiger partial charge in [-0.15, -0.1) is 0 Å². The zero-order valence-corrected chi connectivity index (χ0v) is 17.8. The first kappa shape index (κ1) is 21.1. The molecule has 0 radical (unpaired) electrons. The van der Waals surface area contributed by atoms with Gasteiger partial charge in [0.15, 0.2) is 6.61 Å². The van der Waals surface area contributed by atoms with Gasteiger partial charge in [-0.2, -0.15) is 0 Å². The molecule has 0 aromatic carbocycles. The smallest absolute Gasteiger partial charge is 0.325 e. The van der Waals surface area contributed by atoms with Crippen LogP contribution in [0.4, 0.5) is 0 Å². The van der Waals surface area contributed by atoms with Crippen molar-refractivity contribution in [2.24, 2.45) is 23.2 Å². The second kappa shape index (κ2) is 8.55. The summed E-state index contributed by atoms with van der Waals surface area (Å²) in [5, 5.41) is 5.47. The van der Waals surface area contributed by atoms with Crippen LogP contribution in [-0.2, 0) is 23.9 Å². The van der Waals surface area contributed by atoms with Crippen molar-refractivity contribution >= 4 is 23.7 Å². The molecule has 0 unspecified atom stereocenters. The van der Waals surface area contributed by atoms with Crippen molar-refractivity contribution < 1.29 is 23.9 Å². The van der Waals surface area contributed by atoms with E-state index in [-0.39, 0.29) is 36.4 Å². The van der Waals surface area contributed by atoms with Gasteiger partial charge in [0.05, 0.1) is 6.54 Å². The fourth-order valence-corrected chi connectivity index (χ4v) is 6.19. The quantitative estimate of drug-likeness (QED) is 0.542. The SMILES string of the molecule is CN(CC(=O)NC1CC1)C(=O)COC(=O)CNC(=O)CC12CC3CC(CC(C3)C1)C2. The number of hydrogen-bond donors (Lipinski definition) is 2. The van der Waals surface area contributed by atoms with Crippen LogP contribution in [0.1, 0.15) is 57.8 Å². The third kappa shape index (κ3) is 5.32. The molecule has 5 fully saturated rings. The normalized spacial score (nSPS) is 31.2. The number of rotatable bonds is 9. The van der Waals surface area contributed by atoms with Crippen LogP contribution in [0.15, 0.2) is 0 Å². The topological polar surface area (TPSA) is 105 Å². The summed E-state index contributed by atoms with van der Waals surface area (Å²) in [6.07, 6.45) is 9.88. The van der Waals surface area contributed by atoms with Crippen LogP contribution in [0.5, 0.6) is 0 Å². The lowest BCUT2D eigenvalue weighted by molar-refractivity contribution is -0.152. The summed E-state index contributed by atoms with van der Waals surface area (Å²) >= 11 is 0. The van der Waals surface area contributed by atoms with Crippen LogP contribution >= 0.6 is 0 Å². The molecule has 8 nitrogen and oxygen atoms in total. The molecule has 0 aromatic heterocycles. The molecule has 0 aromatic rings. The number of hydrogen-bond acceptors (Lipinski definition) is 5. The number of nitrogens with zero attached hydrogens (tertiary/aromatic N) is 1. The summed E-state index contributed by atoms with van der Waals surface area (Å²) in [5.74, 6) is 0.938. The molecule has 0 saturated heterocycles. The maximum Gasteiger partial charge on any atom is 0.325 e. The lowest BCUT2D eigenvalue weighted by Crippen LogP contribution is -2.48. The highest BCUT2D eigenvalue weighted by Gasteiger charge is 2.51. The van der Waals surface area contributed by atoms with Crippen LogP contribution in [0.25, 0.3) is 0 Å². The summed E-state index contributed by atoms with van der Waals surface area (Å²) < 4.78 is 4.97. The van der Waals surface area contributed by atoms with E-state index in [2.05, 4.69) is 10.6 Å². The summed E-state index contributed by atoms with van der Waals surface area (Å²) in [6, 6.07) is 0.237.